The van der Waals surface area contributed by atoms with Crippen molar-refractivity contribution in [3.8, 4) is 0 Å². The first-order valence-electron chi connectivity index (χ1n) is 6.05. The van der Waals surface area contributed by atoms with Crippen molar-refractivity contribution < 1.29 is 0 Å². The van der Waals surface area contributed by atoms with Crippen LogP contribution in [0.4, 0.5) is 0 Å². The fourth-order valence-electron chi connectivity index (χ4n) is 1.63. The largest absolute Gasteiger partial charge is 0.313 e. The van der Waals surface area contributed by atoms with E-state index < -0.39 is 0 Å². The Hall–Kier alpha value is -0.860. The van der Waals surface area contributed by atoms with Crippen LogP contribution in [-0.2, 0) is 6.54 Å². The predicted octanol–water partition coefficient (Wildman–Crippen LogP) is 2.42. The molecule has 16 heavy (non-hydrogen) atoms. The van der Waals surface area contributed by atoms with Crippen LogP contribution in [-0.4, -0.2) is 31.1 Å². The smallest absolute Gasteiger partial charge is 0.0231 e. The molecule has 0 unspecified atom stereocenters. The van der Waals surface area contributed by atoms with Crippen LogP contribution in [0.5, 0.6) is 0 Å². The van der Waals surface area contributed by atoms with E-state index in [1.54, 1.807) is 0 Å². The molecule has 0 aliphatic carbocycles. The van der Waals surface area contributed by atoms with Crippen LogP contribution in [0.3, 0.4) is 0 Å². The summed E-state index contributed by atoms with van der Waals surface area (Å²) in [6, 6.07) is 9.35. The third-order valence-corrected chi connectivity index (χ3v) is 2.62. The van der Waals surface area contributed by atoms with Gasteiger partial charge >= 0.3 is 0 Å². The number of hydrogen-bond donors (Lipinski definition) is 1. The van der Waals surface area contributed by atoms with Crippen molar-refractivity contribution in [1.29, 1.82) is 0 Å². The molecular formula is C14H24N2. The Labute approximate surface area is 99.7 Å². The van der Waals surface area contributed by atoms with Crippen molar-refractivity contribution in [2.24, 2.45) is 0 Å². The molecule has 0 atom stereocenters. The van der Waals surface area contributed by atoms with Crippen molar-refractivity contribution in [2.75, 3.05) is 20.1 Å². The fraction of sp³-hybridized carbons (Fsp3) is 0.571. The quantitative estimate of drug-likeness (QED) is 0.792. The molecule has 0 heterocycles. The highest BCUT2D eigenvalue weighted by Gasteiger charge is 2.00. The molecule has 1 N–H and O–H groups in total. The lowest BCUT2D eigenvalue weighted by Gasteiger charge is -2.18. The van der Waals surface area contributed by atoms with E-state index >= 15 is 0 Å². The highest BCUT2D eigenvalue weighted by Crippen LogP contribution is 2.05. The second kappa shape index (κ2) is 6.66. The number of aryl methyl sites for hydroxylation is 1. The van der Waals surface area contributed by atoms with E-state index in [0.29, 0.717) is 6.04 Å². The zero-order valence-electron chi connectivity index (χ0n) is 11.0. The van der Waals surface area contributed by atoms with E-state index in [2.05, 4.69) is 62.3 Å². The van der Waals surface area contributed by atoms with Gasteiger partial charge in [0.25, 0.3) is 0 Å². The van der Waals surface area contributed by atoms with E-state index in [4.69, 9.17) is 0 Å². The van der Waals surface area contributed by atoms with Crippen LogP contribution in [0, 0.1) is 6.92 Å². The van der Waals surface area contributed by atoms with Crippen molar-refractivity contribution >= 4 is 0 Å². The number of rotatable bonds is 6. The second-order valence-corrected chi connectivity index (χ2v) is 4.83. The third kappa shape index (κ3) is 5.29. The molecule has 0 saturated heterocycles. The molecule has 2 heteroatoms. The lowest BCUT2D eigenvalue weighted by molar-refractivity contribution is 0.320. The molecule has 1 aromatic carbocycles. The SMILES string of the molecule is Cc1ccc(CN(C)CCNC(C)C)cc1. The minimum atomic E-state index is 0.577. The van der Waals surface area contributed by atoms with Crippen molar-refractivity contribution in [1.82, 2.24) is 10.2 Å². The zero-order valence-corrected chi connectivity index (χ0v) is 11.0. The number of hydrogen-bond acceptors (Lipinski definition) is 2. The van der Waals surface area contributed by atoms with Crippen LogP contribution in [0.1, 0.15) is 25.0 Å². The molecule has 90 valence electrons. The van der Waals surface area contributed by atoms with Gasteiger partial charge in [-0.1, -0.05) is 43.7 Å². The Morgan fingerprint density at radius 2 is 1.81 bits per heavy atom. The molecule has 0 fully saturated rings. The van der Waals surface area contributed by atoms with Gasteiger partial charge in [0.15, 0.2) is 0 Å². The van der Waals surface area contributed by atoms with Gasteiger partial charge in [0.2, 0.25) is 0 Å². The Balaban J connectivity index is 2.28. The lowest BCUT2D eigenvalue weighted by Crippen LogP contribution is -2.32. The molecule has 0 bridgehead atoms. The maximum absolute atomic E-state index is 3.43. The summed E-state index contributed by atoms with van der Waals surface area (Å²) in [5.41, 5.74) is 2.71. The Morgan fingerprint density at radius 1 is 1.19 bits per heavy atom. The average molecular weight is 220 g/mol. The van der Waals surface area contributed by atoms with E-state index in [1.807, 2.05) is 0 Å². The summed E-state index contributed by atoms with van der Waals surface area (Å²) in [4.78, 5) is 2.35. The lowest BCUT2D eigenvalue weighted by atomic mass is 10.1. The number of nitrogens with zero attached hydrogens (tertiary/aromatic N) is 1. The van der Waals surface area contributed by atoms with Crippen LogP contribution in [0.25, 0.3) is 0 Å². The summed E-state index contributed by atoms with van der Waals surface area (Å²) < 4.78 is 0. The van der Waals surface area contributed by atoms with Crippen LogP contribution < -0.4 is 5.32 Å². The maximum atomic E-state index is 3.43. The highest BCUT2D eigenvalue weighted by atomic mass is 15.1. The number of likely N-dealkylation sites (N-methyl/N-ethyl adjacent to an activating group) is 1. The summed E-state index contributed by atoms with van der Waals surface area (Å²) in [5, 5.41) is 3.43. The monoisotopic (exact) mass is 220 g/mol. The minimum Gasteiger partial charge on any atom is -0.313 e. The normalized spacial score (nSPS) is 11.4. The summed E-state index contributed by atoms with van der Waals surface area (Å²) in [6.07, 6.45) is 0. The summed E-state index contributed by atoms with van der Waals surface area (Å²) in [5.74, 6) is 0. The number of benzene rings is 1. The van der Waals surface area contributed by atoms with Crippen LogP contribution in [0.2, 0.25) is 0 Å². The Kier molecular flexibility index (Phi) is 5.50. The van der Waals surface area contributed by atoms with Gasteiger partial charge < -0.3 is 10.2 Å². The maximum Gasteiger partial charge on any atom is 0.0231 e. The van der Waals surface area contributed by atoms with Gasteiger partial charge in [0.1, 0.15) is 0 Å². The number of nitrogens with one attached hydrogen (secondary N) is 1. The van der Waals surface area contributed by atoms with Crippen LogP contribution >= 0.6 is 0 Å². The van der Waals surface area contributed by atoms with Gasteiger partial charge in [-0.05, 0) is 19.5 Å². The molecule has 0 amide bonds. The van der Waals surface area contributed by atoms with Crippen molar-refractivity contribution in [3.05, 3.63) is 35.4 Å². The van der Waals surface area contributed by atoms with Gasteiger partial charge in [0, 0.05) is 25.7 Å². The standard InChI is InChI=1S/C14H24N2/c1-12(2)15-9-10-16(4)11-14-7-5-13(3)6-8-14/h5-8,12,15H,9-11H2,1-4H3. The van der Waals surface area contributed by atoms with Crippen molar-refractivity contribution in [2.45, 2.75) is 33.4 Å². The fourth-order valence-corrected chi connectivity index (χ4v) is 1.63. The Morgan fingerprint density at radius 3 is 2.38 bits per heavy atom. The third-order valence-electron chi connectivity index (χ3n) is 2.62. The molecule has 1 rings (SSSR count). The zero-order chi connectivity index (χ0) is 12.0. The predicted molar refractivity (Wildman–Crippen MR) is 70.7 cm³/mol. The highest BCUT2D eigenvalue weighted by molar-refractivity contribution is 5.21. The van der Waals surface area contributed by atoms with E-state index in [0.717, 1.165) is 19.6 Å². The van der Waals surface area contributed by atoms with Gasteiger partial charge in [-0.3, -0.25) is 0 Å². The molecule has 0 spiro atoms. The van der Waals surface area contributed by atoms with Crippen molar-refractivity contribution in [3.63, 3.8) is 0 Å². The van der Waals surface area contributed by atoms with Gasteiger partial charge in [-0.15, -0.1) is 0 Å². The molecule has 0 aromatic heterocycles. The molecule has 0 radical (unpaired) electrons. The molecular weight excluding hydrogens is 196 g/mol. The Bertz CT molecular complexity index is 290. The van der Waals surface area contributed by atoms with Gasteiger partial charge in [0.05, 0.1) is 0 Å². The van der Waals surface area contributed by atoms with Gasteiger partial charge in [-0.2, -0.15) is 0 Å². The summed E-state index contributed by atoms with van der Waals surface area (Å²) >= 11 is 0. The van der Waals surface area contributed by atoms with E-state index in [9.17, 15) is 0 Å². The minimum absolute atomic E-state index is 0.577. The van der Waals surface area contributed by atoms with E-state index in [1.165, 1.54) is 11.1 Å². The molecule has 0 aliphatic heterocycles. The topological polar surface area (TPSA) is 15.3 Å². The first-order valence-corrected chi connectivity index (χ1v) is 6.05. The molecule has 0 aliphatic rings. The molecule has 0 saturated carbocycles. The first-order chi connectivity index (χ1) is 7.58. The van der Waals surface area contributed by atoms with Gasteiger partial charge in [-0.25, -0.2) is 0 Å². The molecule has 1 aromatic rings. The average Bonchev–Trinajstić information content (AvgIpc) is 2.21. The molecule has 2 nitrogen and oxygen atoms in total. The summed E-state index contributed by atoms with van der Waals surface area (Å²) in [7, 11) is 2.17. The second-order valence-electron chi connectivity index (χ2n) is 4.83. The first kappa shape index (κ1) is 13.2. The van der Waals surface area contributed by atoms with E-state index in [-0.39, 0.29) is 0 Å². The summed E-state index contributed by atoms with van der Waals surface area (Å²) in [6.45, 7) is 9.66. The van der Waals surface area contributed by atoms with Crippen LogP contribution in [0.15, 0.2) is 24.3 Å².